The molecule has 0 aliphatic carbocycles. The number of ether oxygens (including phenoxy) is 1. The highest BCUT2D eigenvalue weighted by molar-refractivity contribution is 14.0. The largest absolute Gasteiger partial charge is 0.381 e. The van der Waals surface area contributed by atoms with E-state index in [4.69, 9.17) is 4.74 Å². The van der Waals surface area contributed by atoms with Gasteiger partial charge in [0, 0.05) is 58.8 Å². The lowest BCUT2D eigenvalue weighted by molar-refractivity contribution is -0.127. The predicted octanol–water partition coefficient (Wildman–Crippen LogP) is 2.21. The first kappa shape index (κ1) is 26.7. The van der Waals surface area contributed by atoms with Gasteiger partial charge in [0.25, 0.3) is 0 Å². The second kappa shape index (κ2) is 13.2. The van der Waals surface area contributed by atoms with E-state index in [9.17, 15) is 13.6 Å². The summed E-state index contributed by atoms with van der Waals surface area (Å²) in [5.74, 6) is -0.564. The van der Waals surface area contributed by atoms with Crippen molar-refractivity contribution in [2.45, 2.75) is 31.8 Å². The molecule has 2 N–H and O–H groups in total. The van der Waals surface area contributed by atoms with Crippen molar-refractivity contribution in [3.63, 3.8) is 0 Å². The molecule has 2 aliphatic heterocycles. The molecule has 7 nitrogen and oxygen atoms in total. The summed E-state index contributed by atoms with van der Waals surface area (Å²) in [7, 11) is 3.44. The number of benzene rings is 1. The van der Waals surface area contributed by atoms with E-state index in [0.29, 0.717) is 18.4 Å². The number of hydrogen-bond acceptors (Lipinski definition) is 4. The Morgan fingerprint density at radius 1 is 1.22 bits per heavy atom. The van der Waals surface area contributed by atoms with E-state index in [2.05, 4.69) is 20.5 Å². The third kappa shape index (κ3) is 8.43. The van der Waals surface area contributed by atoms with Crippen LogP contribution in [-0.4, -0.2) is 81.2 Å². The molecule has 0 saturated carbocycles. The predicted molar refractivity (Wildman–Crippen MR) is 131 cm³/mol. The molecule has 0 aromatic heterocycles. The van der Waals surface area contributed by atoms with Crippen LogP contribution in [-0.2, 0) is 16.1 Å². The highest BCUT2D eigenvalue weighted by Crippen LogP contribution is 2.16. The van der Waals surface area contributed by atoms with Gasteiger partial charge in [-0.05, 0) is 37.0 Å². The molecule has 2 heterocycles. The number of aliphatic imine (C=N–C) groups is 1. The van der Waals surface area contributed by atoms with Crippen molar-refractivity contribution in [1.29, 1.82) is 0 Å². The molecule has 1 aromatic rings. The van der Waals surface area contributed by atoms with Crippen LogP contribution < -0.4 is 10.6 Å². The fourth-order valence-electron chi connectivity index (χ4n) is 3.75. The molecule has 1 amide bonds. The standard InChI is InChI=1S/C22H33F2N5O2.HI/c1-28(2)21(30)13-26-22(25-12-17-7-10-31-15-17)27-18-5-8-29(9-6-18)14-16-3-4-19(23)20(24)11-16;/h3-4,11,17-18H,5-10,12-15H2,1-2H3,(H2,25,26,27);1H. The molecule has 10 heteroatoms. The Bertz CT molecular complexity index is 767. The van der Waals surface area contributed by atoms with Crippen LogP contribution in [0.5, 0.6) is 0 Å². The van der Waals surface area contributed by atoms with E-state index in [-0.39, 0.29) is 42.5 Å². The second-order valence-corrected chi connectivity index (χ2v) is 8.51. The SMILES string of the molecule is CN(C)C(=O)CN=C(NCC1CCOC1)NC1CCN(Cc2ccc(F)c(F)c2)CC1.I. The van der Waals surface area contributed by atoms with Crippen LogP contribution in [0.3, 0.4) is 0 Å². The smallest absolute Gasteiger partial charge is 0.243 e. The number of carbonyl (C=O) groups excluding carboxylic acids is 1. The summed E-state index contributed by atoms with van der Waals surface area (Å²) in [5.41, 5.74) is 0.773. The molecule has 0 bridgehead atoms. The third-order valence-electron chi connectivity index (χ3n) is 5.77. The van der Waals surface area contributed by atoms with E-state index in [1.165, 1.54) is 17.0 Å². The minimum Gasteiger partial charge on any atom is -0.381 e. The molecule has 2 saturated heterocycles. The number of rotatable bonds is 7. The number of likely N-dealkylation sites (N-methyl/N-ethyl adjacent to an activating group) is 1. The fourth-order valence-corrected chi connectivity index (χ4v) is 3.75. The van der Waals surface area contributed by atoms with E-state index in [1.807, 2.05) is 0 Å². The average Bonchev–Trinajstić information content (AvgIpc) is 3.27. The van der Waals surface area contributed by atoms with E-state index >= 15 is 0 Å². The lowest BCUT2D eigenvalue weighted by Gasteiger charge is -2.33. The number of likely N-dealkylation sites (tertiary alicyclic amines) is 1. The van der Waals surface area contributed by atoms with E-state index in [1.54, 1.807) is 20.2 Å². The fraction of sp³-hybridized carbons (Fsp3) is 0.636. The average molecular weight is 565 g/mol. The summed E-state index contributed by atoms with van der Waals surface area (Å²) in [5, 5.41) is 6.83. The number of guanidine groups is 1. The van der Waals surface area contributed by atoms with Gasteiger partial charge in [-0.15, -0.1) is 24.0 Å². The molecule has 0 radical (unpaired) electrons. The van der Waals surface area contributed by atoms with Gasteiger partial charge in [-0.1, -0.05) is 6.07 Å². The van der Waals surface area contributed by atoms with Crippen LogP contribution in [0.25, 0.3) is 0 Å². The number of amides is 1. The van der Waals surface area contributed by atoms with Crippen molar-refractivity contribution in [3.05, 3.63) is 35.4 Å². The van der Waals surface area contributed by atoms with Gasteiger partial charge >= 0.3 is 0 Å². The maximum Gasteiger partial charge on any atom is 0.243 e. The molecule has 0 spiro atoms. The van der Waals surface area contributed by atoms with Crippen molar-refractivity contribution in [3.8, 4) is 0 Å². The summed E-state index contributed by atoms with van der Waals surface area (Å²) < 4.78 is 32.0. The Kier molecular flexibility index (Phi) is 11.1. The number of halogens is 3. The summed E-state index contributed by atoms with van der Waals surface area (Å²) in [6.45, 7) is 4.69. The zero-order valence-electron chi connectivity index (χ0n) is 18.8. The van der Waals surface area contributed by atoms with Gasteiger partial charge in [0.1, 0.15) is 6.54 Å². The first-order chi connectivity index (χ1) is 14.9. The Morgan fingerprint density at radius 3 is 2.59 bits per heavy atom. The van der Waals surface area contributed by atoms with Crippen LogP contribution >= 0.6 is 24.0 Å². The second-order valence-electron chi connectivity index (χ2n) is 8.51. The van der Waals surface area contributed by atoms with Crippen LogP contribution in [0.4, 0.5) is 8.78 Å². The van der Waals surface area contributed by atoms with Crippen molar-refractivity contribution in [2.24, 2.45) is 10.9 Å². The molecule has 1 unspecified atom stereocenters. The normalized spacial score (nSPS) is 20.0. The summed E-state index contributed by atoms with van der Waals surface area (Å²) in [6, 6.07) is 4.31. The third-order valence-corrected chi connectivity index (χ3v) is 5.77. The van der Waals surface area contributed by atoms with Gasteiger partial charge in [-0.25, -0.2) is 13.8 Å². The molecule has 2 aliphatic rings. The first-order valence-electron chi connectivity index (χ1n) is 10.9. The lowest BCUT2D eigenvalue weighted by atomic mass is 10.0. The van der Waals surface area contributed by atoms with E-state index < -0.39 is 11.6 Å². The van der Waals surface area contributed by atoms with Crippen molar-refractivity contribution < 1.29 is 18.3 Å². The molecule has 2 fully saturated rings. The highest BCUT2D eigenvalue weighted by atomic mass is 127. The minimum atomic E-state index is -0.817. The van der Waals surface area contributed by atoms with Gasteiger partial charge in [0.15, 0.2) is 17.6 Å². The number of nitrogens with one attached hydrogen (secondary N) is 2. The Balaban J connectivity index is 0.00000363. The van der Waals surface area contributed by atoms with Crippen LogP contribution in [0.1, 0.15) is 24.8 Å². The van der Waals surface area contributed by atoms with Crippen LogP contribution in [0, 0.1) is 17.6 Å². The molecule has 180 valence electrons. The minimum absolute atomic E-state index is 0. The molecule has 1 atom stereocenters. The summed E-state index contributed by atoms with van der Waals surface area (Å²) in [6.07, 6.45) is 2.83. The van der Waals surface area contributed by atoms with Crippen LogP contribution in [0.2, 0.25) is 0 Å². The van der Waals surface area contributed by atoms with Gasteiger partial charge in [0.05, 0.1) is 6.61 Å². The number of nitrogens with zero attached hydrogens (tertiary/aromatic N) is 3. The maximum absolute atomic E-state index is 13.4. The van der Waals surface area contributed by atoms with Crippen molar-refractivity contribution in [1.82, 2.24) is 20.4 Å². The molecule has 3 rings (SSSR count). The topological polar surface area (TPSA) is 69.2 Å². The Labute approximate surface area is 206 Å². The highest BCUT2D eigenvalue weighted by Gasteiger charge is 2.22. The van der Waals surface area contributed by atoms with Gasteiger partial charge < -0.3 is 20.3 Å². The summed E-state index contributed by atoms with van der Waals surface area (Å²) >= 11 is 0. The van der Waals surface area contributed by atoms with Crippen LogP contribution in [0.15, 0.2) is 23.2 Å². The number of carbonyl (C=O) groups is 1. The van der Waals surface area contributed by atoms with Gasteiger partial charge in [-0.2, -0.15) is 0 Å². The maximum atomic E-state index is 13.4. The lowest BCUT2D eigenvalue weighted by Crippen LogP contribution is -2.49. The quantitative estimate of drug-likeness (QED) is 0.302. The van der Waals surface area contributed by atoms with Gasteiger partial charge in [0.2, 0.25) is 5.91 Å². The van der Waals surface area contributed by atoms with Crippen molar-refractivity contribution in [2.75, 3.05) is 53.5 Å². The molecule has 1 aromatic carbocycles. The summed E-state index contributed by atoms with van der Waals surface area (Å²) in [4.78, 5) is 20.2. The monoisotopic (exact) mass is 565 g/mol. The number of piperidine rings is 1. The Morgan fingerprint density at radius 2 is 1.97 bits per heavy atom. The van der Waals surface area contributed by atoms with E-state index in [0.717, 1.165) is 57.7 Å². The zero-order chi connectivity index (χ0) is 22.2. The molecular weight excluding hydrogens is 531 g/mol. The first-order valence-corrected chi connectivity index (χ1v) is 10.9. The zero-order valence-corrected chi connectivity index (χ0v) is 21.1. The van der Waals surface area contributed by atoms with Gasteiger partial charge in [-0.3, -0.25) is 9.69 Å². The molecular formula is C22H34F2IN5O2. The number of hydrogen-bond donors (Lipinski definition) is 2. The molecule has 32 heavy (non-hydrogen) atoms. The Hall–Kier alpha value is -1.53. The van der Waals surface area contributed by atoms with Crippen molar-refractivity contribution >= 4 is 35.8 Å².